The molecule has 0 spiro atoms. The number of rotatable bonds is 3. The van der Waals surface area contributed by atoms with Crippen molar-refractivity contribution >= 4 is 37.3 Å². The van der Waals surface area contributed by atoms with Crippen LogP contribution in [0.1, 0.15) is 11.1 Å². The van der Waals surface area contributed by atoms with Gasteiger partial charge in [0.15, 0.2) is 0 Å². The van der Waals surface area contributed by atoms with E-state index in [1.54, 1.807) is 43.3 Å². The first-order valence-corrected chi connectivity index (χ1v) is 8.23. The number of aryl methyl sites for hydroxylation is 1. The predicted octanol–water partition coefficient (Wildman–Crippen LogP) is 3.45. The van der Waals surface area contributed by atoms with Crippen LogP contribution < -0.4 is 10.5 Å². The Morgan fingerprint density at radius 2 is 1.75 bits per heavy atom. The molecule has 0 amide bonds. The van der Waals surface area contributed by atoms with Gasteiger partial charge in [-0.3, -0.25) is 4.72 Å². The standard InChI is InChI=1S/C14H15BrN2O2S/c1-9-7-8-12(10(2)14(9)16)17-20(18,19)13-6-4-3-5-11(13)15/h3-8,17H,16H2,1-2H3. The Morgan fingerprint density at radius 3 is 2.40 bits per heavy atom. The molecule has 2 rings (SSSR count). The molecule has 2 aromatic rings. The Hall–Kier alpha value is -1.53. The van der Waals surface area contributed by atoms with Crippen LogP contribution in [0.3, 0.4) is 0 Å². The number of anilines is 2. The highest BCUT2D eigenvalue weighted by Crippen LogP contribution is 2.28. The van der Waals surface area contributed by atoms with E-state index in [1.807, 2.05) is 6.92 Å². The number of nitrogen functional groups attached to an aromatic ring is 1. The fourth-order valence-electron chi connectivity index (χ4n) is 1.84. The Labute approximate surface area is 127 Å². The first-order chi connectivity index (χ1) is 9.33. The van der Waals surface area contributed by atoms with Crippen molar-refractivity contribution in [2.24, 2.45) is 0 Å². The molecule has 0 bridgehead atoms. The van der Waals surface area contributed by atoms with Gasteiger partial charge < -0.3 is 5.73 Å². The highest BCUT2D eigenvalue weighted by atomic mass is 79.9. The summed E-state index contributed by atoms with van der Waals surface area (Å²) in [6, 6.07) is 10.2. The molecule has 0 saturated carbocycles. The fraction of sp³-hybridized carbons (Fsp3) is 0.143. The van der Waals surface area contributed by atoms with Crippen molar-refractivity contribution < 1.29 is 8.42 Å². The lowest BCUT2D eigenvalue weighted by molar-refractivity contribution is 0.600. The lowest BCUT2D eigenvalue weighted by Gasteiger charge is -2.14. The summed E-state index contributed by atoms with van der Waals surface area (Å²) < 4.78 is 27.9. The second kappa shape index (κ2) is 5.46. The molecule has 3 N–H and O–H groups in total. The lowest BCUT2D eigenvalue weighted by atomic mass is 10.1. The molecule has 2 aromatic carbocycles. The normalized spacial score (nSPS) is 11.3. The van der Waals surface area contributed by atoms with E-state index in [2.05, 4.69) is 20.7 Å². The average Bonchev–Trinajstić information content (AvgIpc) is 2.40. The molecule has 0 radical (unpaired) electrons. The van der Waals surface area contributed by atoms with Crippen LogP contribution in [-0.2, 0) is 10.0 Å². The molecule has 0 saturated heterocycles. The molecule has 0 heterocycles. The number of hydrogen-bond acceptors (Lipinski definition) is 3. The minimum absolute atomic E-state index is 0.193. The summed E-state index contributed by atoms with van der Waals surface area (Å²) in [6.07, 6.45) is 0. The number of benzene rings is 2. The zero-order valence-electron chi connectivity index (χ0n) is 11.1. The van der Waals surface area contributed by atoms with E-state index < -0.39 is 10.0 Å². The Bertz CT molecular complexity index is 758. The SMILES string of the molecule is Cc1ccc(NS(=O)(=O)c2ccccc2Br)c(C)c1N. The maximum Gasteiger partial charge on any atom is 0.263 e. The molecule has 0 unspecified atom stereocenters. The van der Waals surface area contributed by atoms with Crippen molar-refractivity contribution in [2.75, 3.05) is 10.5 Å². The van der Waals surface area contributed by atoms with Crippen molar-refractivity contribution in [3.05, 3.63) is 52.0 Å². The van der Waals surface area contributed by atoms with Gasteiger partial charge in [-0.1, -0.05) is 18.2 Å². The number of sulfonamides is 1. The van der Waals surface area contributed by atoms with E-state index in [0.717, 1.165) is 11.1 Å². The van der Waals surface area contributed by atoms with E-state index >= 15 is 0 Å². The molecule has 106 valence electrons. The molecule has 0 aliphatic rings. The van der Waals surface area contributed by atoms with Crippen molar-refractivity contribution in [1.29, 1.82) is 0 Å². The molecule has 0 aliphatic heterocycles. The summed E-state index contributed by atoms with van der Waals surface area (Å²) >= 11 is 3.25. The fourth-order valence-corrected chi connectivity index (χ4v) is 3.96. The summed E-state index contributed by atoms with van der Waals surface area (Å²) in [6.45, 7) is 3.68. The Morgan fingerprint density at radius 1 is 1.10 bits per heavy atom. The zero-order chi connectivity index (χ0) is 14.9. The molecule has 4 nitrogen and oxygen atoms in total. The van der Waals surface area contributed by atoms with Crippen LogP contribution in [-0.4, -0.2) is 8.42 Å². The van der Waals surface area contributed by atoms with Crippen LogP contribution in [0.5, 0.6) is 0 Å². The summed E-state index contributed by atoms with van der Waals surface area (Å²) in [4.78, 5) is 0.193. The molecule has 6 heteroatoms. The van der Waals surface area contributed by atoms with E-state index in [-0.39, 0.29) is 4.90 Å². The third-order valence-corrected chi connectivity index (χ3v) is 5.48. The maximum atomic E-state index is 12.4. The zero-order valence-corrected chi connectivity index (χ0v) is 13.5. The topological polar surface area (TPSA) is 72.2 Å². The average molecular weight is 355 g/mol. The second-order valence-corrected chi connectivity index (χ2v) is 7.01. The van der Waals surface area contributed by atoms with Gasteiger partial charge in [0.05, 0.1) is 5.69 Å². The highest BCUT2D eigenvalue weighted by molar-refractivity contribution is 9.10. The monoisotopic (exact) mass is 354 g/mol. The van der Waals surface area contributed by atoms with Crippen LogP contribution >= 0.6 is 15.9 Å². The van der Waals surface area contributed by atoms with Crippen LogP contribution in [0, 0.1) is 13.8 Å². The van der Waals surface area contributed by atoms with Crippen LogP contribution in [0.25, 0.3) is 0 Å². The minimum atomic E-state index is -3.65. The quantitative estimate of drug-likeness (QED) is 0.829. The van der Waals surface area contributed by atoms with Gasteiger partial charge in [-0.2, -0.15) is 0 Å². The number of nitrogens with one attached hydrogen (secondary N) is 1. The third kappa shape index (κ3) is 2.81. The van der Waals surface area contributed by atoms with Crippen molar-refractivity contribution in [3.8, 4) is 0 Å². The van der Waals surface area contributed by atoms with Gasteiger partial charge in [-0.25, -0.2) is 8.42 Å². The van der Waals surface area contributed by atoms with Crippen LogP contribution in [0.4, 0.5) is 11.4 Å². The summed E-state index contributed by atoms with van der Waals surface area (Å²) in [5.74, 6) is 0. The van der Waals surface area contributed by atoms with Gasteiger partial charge in [0.25, 0.3) is 10.0 Å². The highest BCUT2D eigenvalue weighted by Gasteiger charge is 2.18. The molecule has 0 aliphatic carbocycles. The van der Waals surface area contributed by atoms with Gasteiger partial charge in [-0.15, -0.1) is 0 Å². The van der Waals surface area contributed by atoms with E-state index in [9.17, 15) is 8.42 Å². The summed E-state index contributed by atoms with van der Waals surface area (Å²) in [5.41, 5.74) is 8.66. The molecule has 0 aromatic heterocycles. The van der Waals surface area contributed by atoms with Gasteiger partial charge in [0.2, 0.25) is 0 Å². The minimum Gasteiger partial charge on any atom is -0.398 e. The first-order valence-electron chi connectivity index (χ1n) is 5.96. The van der Waals surface area contributed by atoms with E-state index in [0.29, 0.717) is 15.8 Å². The van der Waals surface area contributed by atoms with Gasteiger partial charge >= 0.3 is 0 Å². The predicted molar refractivity (Wildman–Crippen MR) is 85.3 cm³/mol. The lowest BCUT2D eigenvalue weighted by Crippen LogP contribution is -2.15. The van der Waals surface area contributed by atoms with E-state index in [4.69, 9.17) is 5.73 Å². The first kappa shape index (κ1) is 14.9. The smallest absolute Gasteiger partial charge is 0.263 e. The number of hydrogen-bond donors (Lipinski definition) is 2. The molecule has 0 atom stereocenters. The van der Waals surface area contributed by atoms with Crippen LogP contribution in [0.2, 0.25) is 0 Å². The molecule has 20 heavy (non-hydrogen) atoms. The maximum absolute atomic E-state index is 12.4. The van der Waals surface area contributed by atoms with Crippen molar-refractivity contribution in [1.82, 2.24) is 0 Å². The molecular weight excluding hydrogens is 340 g/mol. The third-order valence-electron chi connectivity index (χ3n) is 3.10. The van der Waals surface area contributed by atoms with Crippen molar-refractivity contribution in [2.45, 2.75) is 18.7 Å². The second-order valence-electron chi connectivity index (χ2n) is 4.50. The molecule has 0 fully saturated rings. The van der Waals surface area contributed by atoms with Gasteiger partial charge in [0, 0.05) is 10.2 Å². The largest absolute Gasteiger partial charge is 0.398 e. The number of nitrogens with two attached hydrogens (primary N) is 1. The van der Waals surface area contributed by atoms with Crippen molar-refractivity contribution in [3.63, 3.8) is 0 Å². The summed E-state index contributed by atoms with van der Waals surface area (Å²) in [5, 5.41) is 0. The summed E-state index contributed by atoms with van der Waals surface area (Å²) in [7, 11) is -3.65. The Kier molecular flexibility index (Phi) is 4.06. The molecular formula is C14H15BrN2O2S. The van der Waals surface area contributed by atoms with Crippen LogP contribution in [0.15, 0.2) is 45.8 Å². The van der Waals surface area contributed by atoms with Gasteiger partial charge in [-0.05, 0) is 59.1 Å². The van der Waals surface area contributed by atoms with E-state index in [1.165, 1.54) is 0 Å². The Balaban J connectivity index is 2.45. The number of halogens is 1. The van der Waals surface area contributed by atoms with Gasteiger partial charge in [0.1, 0.15) is 4.90 Å².